The fourth-order valence-electron chi connectivity index (χ4n) is 2.15. The van der Waals surface area contributed by atoms with Gasteiger partial charge in [0.05, 0.1) is 5.25 Å². The molecule has 1 heterocycles. The number of aromatic nitrogens is 2. The molecular formula is C18H16ClN3OS2. The molecule has 25 heavy (non-hydrogen) atoms. The molecule has 3 rings (SSSR count). The molecule has 0 saturated carbocycles. The third kappa shape index (κ3) is 4.81. The van der Waals surface area contributed by atoms with Crippen LogP contribution in [0.5, 0.6) is 0 Å². The molecule has 1 N–H and O–H groups in total. The van der Waals surface area contributed by atoms with Gasteiger partial charge in [-0.25, -0.2) is 0 Å². The van der Waals surface area contributed by atoms with Gasteiger partial charge in [-0.3, -0.25) is 10.1 Å². The van der Waals surface area contributed by atoms with Crippen LogP contribution in [-0.4, -0.2) is 21.4 Å². The fourth-order valence-corrected chi connectivity index (χ4v) is 4.01. The van der Waals surface area contributed by atoms with E-state index in [1.54, 1.807) is 23.9 Å². The highest BCUT2D eigenvalue weighted by molar-refractivity contribution is 8.00. The Morgan fingerprint density at radius 1 is 1.16 bits per heavy atom. The van der Waals surface area contributed by atoms with Gasteiger partial charge in [0, 0.05) is 15.5 Å². The zero-order valence-corrected chi connectivity index (χ0v) is 15.9. The van der Waals surface area contributed by atoms with Gasteiger partial charge >= 0.3 is 0 Å². The Balaban J connectivity index is 1.67. The van der Waals surface area contributed by atoms with Crippen molar-refractivity contribution in [3.8, 4) is 10.6 Å². The van der Waals surface area contributed by atoms with Crippen molar-refractivity contribution < 1.29 is 4.79 Å². The number of halogens is 1. The summed E-state index contributed by atoms with van der Waals surface area (Å²) in [7, 11) is 0. The van der Waals surface area contributed by atoms with E-state index in [4.69, 9.17) is 11.6 Å². The van der Waals surface area contributed by atoms with Crippen LogP contribution in [0.4, 0.5) is 5.13 Å². The first kappa shape index (κ1) is 17.9. The standard InChI is InChI=1S/C18H16ClN3OS2/c1-2-15(24-14-6-4-3-5-7-14)16(23)20-18-22-21-17(25-18)12-8-10-13(19)11-9-12/h3-11,15H,2H2,1H3,(H,20,22,23)/t15-/m1/s1. The molecule has 0 saturated heterocycles. The van der Waals surface area contributed by atoms with Crippen molar-refractivity contribution in [1.82, 2.24) is 10.2 Å². The van der Waals surface area contributed by atoms with Gasteiger partial charge in [0.2, 0.25) is 11.0 Å². The maximum Gasteiger partial charge on any atom is 0.239 e. The van der Waals surface area contributed by atoms with E-state index in [-0.39, 0.29) is 11.2 Å². The van der Waals surface area contributed by atoms with E-state index >= 15 is 0 Å². The normalized spacial score (nSPS) is 11.9. The van der Waals surface area contributed by atoms with Crippen molar-refractivity contribution in [3.05, 3.63) is 59.6 Å². The molecule has 1 aromatic heterocycles. The first-order valence-electron chi connectivity index (χ1n) is 7.77. The average molecular weight is 390 g/mol. The smallest absolute Gasteiger partial charge is 0.239 e. The quantitative estimate of drug-likeness (QED) is 0.576. The van der Waals surface area contributed by atoms with Crippen molar-refractivity contribution in [1.29, 1.82) is 0 Å². The van der Waals surface area contributed by atoms with Gasteiger partial charge in [-0.1, -0.05) is 60.2 Å². The Bertz CT molecular complexity index is 837. The molecule has 0 unspecified atom stereocenters. The van der Waals surface area contributed by atoms with E-state index in [1.807, 2.05) is 49.4 Å². The number of carbonyl (C=O) groups is 1. The van der Waals surface area contributed by atoms with Crippen molar-refractivity contribution in [2.24, 2.45) is 0 Å². The highest BCUT2D eigenvalue weighted by atomic mass is 35.5. The lowest BCUT2D eigenvalue weighted by Gasteiger charge is -2.13. The summed E-state index contributed by atoms with van der Waals surface area (Å²) in [6.07, 6.45) is 0.730. The number of nitrogens with one attached hydrogen (secondary N) is 1. The van der Waals surface area contributed by atoms with Gasteiger partial charge in [0.15, 0.2) is 0 Å². The van der Waals surface area contributed by atoms with Crippen molar-refractivity contribution in [2.45, 2.75) is 23.5 Å². The maximum absolute atomic E-state index is 12.5. The number of rotatable bonds is 6. The van der Waals surface area contributed by atoms with Crippen LogP contribution in [0.2, 0.25) is 5.02 Å². The van der Waals surface area contributed by atoms with E-state index in [1.165, 1.54) is 11.3 Å². The van der Waals surface area contributed by atoms with Crippen LogP contribution in [0, 0.1) is 0 Å². The molecule has 128 valence electrons. The molecule has 1 amide bonds. The molecule has 0 fully saturated rings. The predicted molar refractivity (Wildman–Crippen MR) is 105 cm³/mol. The molecule has 4 nitrogen and oxygen atoms in total. The third-order valence-corrected chi connectivity index (χ3v) is 5.95. The number of carbonyl (C=O) groups excluding carboxylic acids is 1. The number of hydrogen-bond acceptors (Lipinski definition) is 5. The van der Waals surface area contributed by atoms with Crippen LogP contribution in [0.3, 0.4) is 0 Å². The Morgan fingerprint density at radius 3 is 2.56 bits per heavy atom. The maximum atomic E-state index is 12.5. The molecule has 1 atom stereocenters. The number of amides is 1. The predicted octanol–water partition coefficient (Wildman–Crippen LogP) is 5.37. The van der Waals surface area contributed by atoms with Gasteiger partial charge in [-0.05, 0) is 30.7 Å². The van der Waals surface area contributed by atoms with E-state index in [9.17, 15) is 4.79 Å². The topological polar surface area (TPSA) is 54.9 Å². The van der Waals surface area contributed by atoms with Crippen LogP contribution in [0.15, 0.2) is 59.5 Å². The number of hydrogen-bond donors (Lipinski definition) is 1. The van der Waals surface area contributed by atoms with Crippen molar-refractivity contribution >= 4 is 45.7 Å². The lowest BCUT2D eigenvalue weighted by Crippen LogP contribution is -2.24. The van der Waals surface area contributed by atoms with Crippen LogP contribution in [-0.2, 0) is 4.79 Å². The highest BCUT2D eigenvalue weighted by Gasteiger charge is 2.19. The monoisotopic (exact) mass is 389 g/mol. The van der Waals surface area contributed by atoms with Gasteiger partial charge in [0.1, 0.15) is 5.01 Å². The highest BCUT2D eigenvalue weighted by Crippen LogP contribution is 2.29. The van der Waals surface area contributed by atoms with Crippen LogP contribution in [0.1, 0.15) is 13.3 Å². The molecule has 2 aromatic carbocycles. The second-order valence-corrected chi connectivity index (χ2v) is 7.93. The van der Waals surface area contributed by atoms with Crippen LogP contribution < -0.4 is 5.32 Å². The summed E-state index contributed by atoms with van der Waals surface area (Å²) < 4.78 is 0. The minimum atomic E-state index is -0.176. The van der Waals surface area contributed by atoms with Crippen LogP contribution in [0.25, 0.3) is 10.6 Å². The summed E-state index contributed by atoms with van der Waals surface area (Å²) >= 11 is 8.80. The van der Waals surface area contributed by atoms with Gasteiger partial charge in [0.25, 0.3) is 0 Å². The fraction of sp³-hybridized carbons (Fsp3) is 0.167. The lowest BCUT2D eigenvalue weighted by atomic mass is 10.2. The zero-order chi connectivity index (χ0) is 17.6. The van der Waals surface area contributed by atoms with E-state index in [0.29, 0.717) is 10.2 Å². The van der Waals surface area contributed by atoms with Crippen molar-refractivity contribution in [2.75, 3.05) is 5.32 Å². The lowest BCUT2D eigenvalue weighted by molar-refractivity contribution is -0.115. The second kappa shape index (κ2) is 8.47. The molecular weight excluding hydrogens is 374 g/mol. The summed E-state index contributed by atoms with van der Waals surface area (Å²) in [6.45, 7) is 2.00. The van der Waals surface area contributed by atoms with E-state index in [0.717, 1.165) is 21.9 Å². The minimum Gasteiger partial charge on any atom is -0.300 e. The van der Waals surface area contributed by atoms with Gasteiger partial charge < -0.3 is 0 Å². The summed E-state index contributed by atoms with van der Waals surface area (Å²) in [5.41, 5.74) is 0.924. The number of thioether (sulfide) groups is 1. The molecule has 0 spiro atoms. The summed E-state index contributed by atoms with van der Waals surface area (Å²) in [4.78, 5) is 13.6. The molecule has 0 aliphatic rings. The SMILES string of the molecule is CC[C@@H](Sc1ccccc1)C(=O)Nc1nnc(-c2ccc(Cl)cc2)s1. The first-order valence-corrected chi connectivity index (χ1v) is 9.85. The number of nitrogens with zero attached hydrogens (tertiary/aromatic N) is 2. The van der Waals surface area contributed by atoms with Gasteiger partial charge in [-0.2, -0.15) is 0 Å². The molecule has 0 bridgehead atoms. The summed E-state index contributed by atoms with van der Waals surface area (Å²) in [6, 6.07) is 17.3. The van der Waals surface area contributed by atoms with E-state index < -0.39 is 0 Å². The zero-order valence-electron chi connectivity index (χ0n) is 13.5. The Morgan fingerprint density at radius 2 is 1.88 bits per heavy atom. The summed E-state index contributed by atoms with van der Waals surface area (Å²) in [5.74, 6) is -0.0600. The minimum absolute atomic E-state index is 0.0600. The Labute approximate surface area is 159 Å². The second-order valence-electron chi connectivity index (χ2n) is 5.24. The first-order chi connectivity index (χ1) is 12.2. The third-order valence-electron chi connectivity index (χ3n) is 3.43. The van der Waals surface area contributed by atoms with Gasteiger partial charge in [-0.15, -0.1) is 22.0 Å². The molecule has 0 aliphatic heterocycles. The van der Waals surface area contributed by atoms with Crippen molar-refractivity contribution in [3.63, 3.8) is 0 Å². The Hall–Kier alpha value is -1.89. The number of anilines is 1. The summed E-state index contributed by atoms with van der Waals surface area (Å²) in [5, 5.41) is 12.8. The molecule has 0 radical (unpaired) electrons. The van der Waals surface area contributed by atoms with E-state index in [2.05, 4.69) is 15.5 Å². The average Bonchev–Trinajstić information content (AvgIpc) is 3.09. The Kier molecular flexibility index (Phi) is 6.07. The largest absolute Gasteiger partial charge is 0.300 e. The molecule has 3 aromatic rings. The number of benzene rings is 2. The molecule has 7 heteroatoms. The molecule has 0 aliphatic carbocycles. The van der Waals surface area contributed by atoms with Crippen LogP contribution >= 0.6 is 34.7 Å².